The topological polar surface area (TPSA) is 50.4 Å². The monoisotopic (exact) mass is 302 g/mol. The Morgan fingerprint density at radius 3 is 2.86 bits per heavy atom. The highest BCUT2D eigenvalue weighted by atomic mass is 19.3. The Morgan fingerprint density at radius 2 is 2.24 bits per heavy atom. The fourth-order valence-corrected chi connectivity index (χ4v) is 2.38. The Labute approximate surface area is 120 Å². The number of hydrogen-bond acceptors (Lipinski definition) is 3. The first-order valence-corrected chi connectivity index (χ1v) is 6.74. The fraction of sp³-hybridized carbons (Fsp3) is 0.500. The summed E-state index contributed by atoms with van der Waals surface area (Å²) in [5, 5.41) is 5.84. The highest BCUT2D eigenvalue weighted by Gasteiger charge is 2.24. The first kappa shape index (κ1) is 15.6. The molecule has 116 valence electrons. The number of rotatable bonds is 4. The second kappa shape index (κ2) is 6.80. The molecular weight excluding hydrogens is 285 g/mol. The van der Waals surface area contributed by atoms with E-state index < -0.39 is 18.2 Å². The van der Waals surface area contributed by atoms with Crippen molar-refractivity contribution in [2.45, 2.75) is 32.4 Å². The van der Waals surface area contributed by atoms with E-state index in [4.69, 9.17) is 0 Å². The second-order valence-corrected chi connectivity index (χ2v) is 5.09. The number of anilines is 1. The van der Waals surface area contributed by atoms with Crippen molar-refractivity contribution in [1.29, 1.82) is 0 Å². The Kier molecular flexibility index (Phi) is 5.06. The zero-order chi connectivity index (χ0) is 15.4. The minimum atomic E-state index is -3.09. The molecule has 1 fully saturated rings. The van der Waals surface area contributed by atoms with Crippen molar-refractivity contribution < 1.29 is 22.7 Å². The minimum absolute atomic E-state index is 0.138. The first-order chi connectivity index (χ1) is 9.95. The van der Waals surface area contributed by atoms with Gasteiger partial charge in [0.1, 0.15) is 0 Å². The van der Waals surface area contributed by atoms with E-state index in [0.717, 1.165) is 18.7 Å². The van der Waals surface area contributed by atoms with Crippen LogP contribution in [0.15, 0.2) is 18.2 Å². The molecule has 4 nitrogen and oxygen atoms in total. The average molecular weight is 302 g/mol. The highest BCUT2D eigenvalue weighted by Crippen LogP contribution is 2.24. The van der Waals surface area contributed by atoms with E-state index in [1.807, 2.05) is 6.92 Å². The average Bonchev–Trinajstić information content (AvgIpc) is 2.41. The minimum Gasteiger partial charge on any atom is -0.432 e. The maximum absolute atomic E-state index is 13.5. The molecule has 2 N–H and O–H groups in total. The molecule has 0 spiro atoms. The van der Waals surface area contributed by atoms with E-state index in [9.17, 15) is 18.0 Å². The van der Waals surface area contributed by atoms with Crippen LogP contribution in [0.1, 0.15) is 19.8 Å². The molecule has 1 aliphatic heterocycles. The summed E-state index contributed by atoms with van der Waals surface area (Å²) in [6.45, 7) is -0.333. The third-order valence-corrected chi connectivity index (χ3v) is 3.41. The Hall–Kier alpha value is -1.76. The first-order valence-electron chi connectivity index (χ1n) is 6.74. The van der Waals surface area contributed by atoms with Crippen LogP contribution in [0.3, 0.4) is 0 Å². The predicted octanol–water partition coefficient (Wildman–Crippen LogP) is 2.75. The number of alkyl halides is 2. The number of carbonyl (C=O) groups excluding carboxylic acids is 1. The summed E-state index contributed by atoms with van der Waals surface area (Å²) >= 11 is 0. The predicted molar refractivity (Wildman–Crippen MR) is 71.9 cm³/mol. The van der Waals surface area contributed by atoms with Crippen LogP contribution in [0, 0.1) is 11.7 Å². The maximum atomic E-state index is 13.5. The van der Waals surface area contributed by atoms with Crippen LogP contribution in [0.5, 0.6) is 5.75 Å². The number of hydrogen-bond donors (Lipinski definition) is 2. The van der Waals surface area contributed by atoms with Crippen LogP contribution in [-0.4, -0.2) is 25.1 Å². The summed E-state index contributed by atoms with van der Waals surface area (Å²) in [6.07, 6.45) is 1.42. The van der Waals surface area contributed by atoms with Crippen LogP contribution >= 0.6 is 0 Å². The molecule has 2 atom stereocenters. The Balaban J connectivity index is 1.99. The third-order valence-electron chi connectivity index (χ3n) is 3.41. The van der Waals surface area contributed by atoms with Gasteiger partial charge in [0.15, 0.2) is 11.6 Å². The summed E-state index contributed by atoms with van der Waals surface area (Å²) in [5.41, 5.74) is 0.227. The van der Waals surface area contributed by atoms with Gasteiger partial charge in [-0.1, -0.05) is 0 Å². The molecule has 1 saturated heterocycles. The number of benzene rings is 1. The van der Waals surface area contributed by atoms with Gasteiger partial charge in [0, 0.05) is 23.7 Å². The quantitative estimate of drug-likeness (QED) is 0.899. The van der Waals surface area contributed by atoms with Gasteiger partial charge in [-0.15, -0.1) is 0 Å². The summed E-state index contributed by atoms with van der Waals surface area (Å²) in [4.78, 5) is 12.1. The molecule has 1 aliphatic rings. The molecule has 0 aliphatic carbocycles. The molecule has 0 saturated carbocycles. The van der Waals surface area contributed by atoms with Gasteiger partial charge in [-0.05, 0) is 38.4 Å². The molecule has 2 rings (SSSR count). The highest BCUT2D eigenvalue weighted by molar-refractivity contribution is 5.92. The van der Waals surface area contributed by atoms with Gasteiger partial charge in [-0.2, -0.15) is 8.78 Å². The van der Waals surface area contributed by atoms with E-state index in [1.54, 1.807) is 0 Å². The number of carbonyl (C=O) groups is 1. The van der Waals surface area contributed by atoms with E-state index in [2.05, 4.69) is 15.4 Å². The standard InChI is InChI=1S/C14H17F3N2O2/c1-8-6-9(4-5-18-8)13(20)19-10-2-3-12(11(15)7-10)21-14(16)17/h2-3,7-9,14,18H,4-6H2,1H3,(H,19,20)/t8-,9-/m0/s1. The summed E-state index contributed by atoms with van der Waals surface area (Å²) in [5.74, 6) is -1.81. The lowest BCUT2D eigenvalue weighted by Crippen LogP contribution is -2.40. The second-order valence-electron chi connectivity index (χ2n) is 5.09. The largest absolute Gasteiger partial charge is 0.432 e. The van der Waals surface area contributed by atoms with Crippen molar-refractivity contribution in [2.24, 2.45) is 5.92 Å². The van der Waals surface area contributed by atoms with E-state index in [0.29, 0.717) is 12.8 Å². The van der Waals surface area contributed by atoms with Gasteiger partial charge in [-0.3, -0.25) is 4.79 Å². The van der Waals surface area contributed by atoms with Crippen LogP contribution in [-0.2, 0) is 4.79 Å². The molecule has 1 heterocycles. The molecule has 1 amide bonds. The van der Waals surface area contributed by atoms with Crippen molar-refractivity contribution in [1.82, 2.24) is 5.32 Å². The van der Waals surface area contributed by atoms with E-state index in [1.165, 1.54) is 6.07 Å². The SMILES string of the molecule is C[C@H]1C[C@@H](C(=O)Nc2ccc(OC(F)F)c(F)c2)CCN1. The summed E-state index contributed by atoms with van der Waals surface area (Å²) in [7, 11) is 0. The molecule has 0 unspecified atom stereocenters. The molecule has 1 aromatic carbocycles. The van der Waals surface area contributed by atoms with Crippen LogP contribution in [0.25, 0.3) is 0 Å². The van der Waals surface area contributed by atoms with Crippen LogP contribution in [0.4, 0.5) is 18.9 Å². The molecule has 0 bridgehead atoms. The Bertz CT molecular complexity index is 511. The molecule has 21 heavy (non-hydrogen) atoms. The van der Waals surface area contributed by atoms with Gasteiger partial charge >= 0.3 is 6.61 Å². The van der Waals surface area contributed by atoms with Crippen molar-refractivity contribution in [2.75, 3.05) is 11.9 Å². The van der Waals surface area contributed by atoms with Gasteiger partial charge in [-0.25, -0.2) is 4.39 Å². The van der Waals surface area contributed by atoms with Gasteiger partial charge < -0.3 is 15.4 Å². The molecule has 0 radical (unpaired) electrons. The zero-order valence-corrected chi connectivity index (χ0v) is 11.5. The van der Waals surface area contributed by atoms with Crippen molar-refractivity contribution >= 4 is 11.6 Å². The molecule has 1 aromatic rings. The van der Waals surface area contributed by atoms with Gasteiger partial charge in [0.25, 0.3) is 0 Å². The number of piperidine rings is 1. The van der Waals surface area contributed by atoms with Gasteiger partial charge in [0.05, 0.1) is 0 Å². The third kappa shape index (κ3) is 4.35. The van der Waals surface area contributed by atoms with E-state index >= 15 is 0 Å². The lowest BCUT2D eigenvalue weighted by Gasteiger charge is -2.27. The number of amides is 1. The summed E-state index contributed by atoms with van der Waals surface area (Å²) < 4.78 is 41.6. The van der Waals surface area contributed by atoms with Crippen molar-refractivity contribution in [3.63, 3.8) is 0 Å². The molecule has 7 heteroatoms. The van der Waals surface area contributed by atoms with Crippen molar-refractivity contribution in [3.05, 3.63) is 24.0 Å². The van der Waals surface area contributed by atoms with Crippen LogP contribution < -0.4 is 15.4 Å². The lowest BCUT2D eigenvalue weighted by atomic mass is 9.92. The fourth-order valence-electron chi connectivity index (χ4n) is 2.38. The van der Waals surface area contributed by atoms with Crippen molar-refractivity contribution in [3.8, 4) is 5.75 Å². The smallest absolute Gasteiger partial charge is 0.387 e. The maximum Gasteiger partial charge on any atom is 0.387 e. The van der Waals surface area contributed by atoms with Gasteiger partial charge in [0.2, 0.25) is 5.91 Å². The normalized spacial score (nSPS) is 22.1. The lowest BCUT2D eigenvalue weighted by molar-refractivity contribution is -0.120. The zero-order valence-electron chi connectivity index (χ0n) is 11.5. The van der Waals surface area contributed by atoms with E-state index in [-0.39, 0.29) is 23.6 Å². The van der Waals surface area contributed by atoms with Crippen LogP contribution in [0.2, 0.25) is 0 Å². The summed E-state index contributed by atoms with van der Waals surface area (Å²) in [6, 6.07) is 3.64. The number of ether oxygens (including phenoxy) is 1. The Morgan fingerprint density at radius 1 is 1.48 bits per heavy atom. The molecular formula is C14H17F3N2O2. The number of nitrogens with one attached hydrogen (secondary N) is 2. The number of halogens is 3. The molecule has 0 aromatic heterocycles.